The van der Waals surface area contributed by atoms with Crippen LogP contribution in [0.3, 0.4) is 0 Å². The summed E-state index contributed by atoms with van der Waals surface area (Å²) in [6.07, 6.45) is 7.05. The molecule has 3 atom stereocenters. The van der Waals surface area contributed by atoms with Gasteiger partial charge in [0.25, 0.3) is 0 Å². The predicted molar refractivity (Wildman–Crippen MR) is 159 cm³/mol. The van der Waals surface area contributed by atoms with Gasteiger partial charge in [0.05, 0.1) is 17.5 Å². The highest BCUT2D eigenvalue weighted by molar-refractivity contribution is 5.77. The number of benzene rings is 4. The van der Waals surface area contributed by atoms with Gasteiger partial charge in [0.15, 0.2) is 0 Å². The maximum absolute atomic E-state index is 2.88. The summed E-state index contributed by atoms with van der Waals surface area (Å²) in [5.41, 5.74) is 8.20. The molecular formula is C36H38N2. The van der Waals surface area contributed by atoms with Gasteiger partial charge in [-0.25, -0.2) is 0 Å². The Morgan fingerprint density at radius 1 is 0.605 bits per heavy atom. The van der Waals surface area contributed by atoms with E-state index in [-0.39, 0.29) is 11.5 Å². The molecule has 3 aliphatic rings. The molecule has 1 saturated heterocycles. The second-order valence-electron chi connectivity index (χ2n) is 11.7. The molecule has 0 spiro atoms. The molecule has 2 heteroatoms. The number of nitrogens with zero attached hydrogens (tertiary/aromatic N) is 2. The van der Waals surface area contributed by atoms with E-state index in [9.17, 15) is 0 Å². The first-order valence-electron chi connectivity index (χ1n) is 14.6. The smallest absolute Gasteiger partial charge is 0.105 e. The summed E-state index contributed by atoms with van der Waals surface area (Å²) in [7, 11) is 0. The van der Waals surface area contributed by atoms with Crippen LogP contribution in [0.15, 0.2) is 109 Å². The van der Waals surface area contributed by atoms with Gasteiger partial charge in [-0.3, -0.25) is 0 Å². The largest absolute Gasteiger partial charge is 0.346 e. The third-order valence-electron chi connectivity index (χ3n) is 9.74. The monoisotopic (exact) mass is 498 g/mol. The number of anilines is 2. The number of aryl methyl sites for hydroxylation is 1. The lowest BCUT2D eigenvalue weighted by Gasteiger charge is -2.41. The average molecular weight is 499 g/mol. The molecule has 4 aromatic carbocycles. The van der Waals surface area contributed by atoms with Crippen molar-refractivity contribution in [1.29, 1.82) is 0 Å². The summed E-state index contributed by atoms with van der Waals surface area (Å²) < 4.78 is 0. The Morgan fingerprint density at radius 2 is 1.16 bits per heavy atom. The number of fused-ring (bicyclic) bond motifs is 3. The van der Waals surface area contributed by atoms with Crippen LogP contribution in [-0.2, 0) is 5.41 Å². The van der Waals surface area contributed by atoms with Gasteiger partial charge in [0, 0.05) is 11.4 Å². The summed E-state index contributed by atoms with van der Waals surface area (Å²) >= 11 is 0. The summed E-state index contributed by atoms with van der Waals surface area (Å²) in [6.45, 7) is 4.79. The van der Waals surface area contributed by atoms with Crippen LogP contribution in [0.4, 0.5) is 11.4 Å². The minimum Gasteiger partial charge on any atom is -0.346 e. The van der Waals surface area contributed by atoms with E-state index in [4.69, 9.17) is 0 Å². The molecule has 0 amide bonds. The summed E-state index contributed by atoms with van der Waals surface area (Å²) in [4.78, 5) is 5.70. The quantitative estimate of drug-likeness (QED) is 0.279. The second-order valence-corrected chi connectivity index (χ2v) is 11.7. The van der Waals surface area contributed by atoms with Crippen molar-refractivity contribution in [2.24, 2.45) is 5.92 Å². The first-order chi connectivity index (χ1) is 18.7. The van der Waals surface area contributed by atoms with Gasteiger partial charge in [0.1, 0.15) is 6.17 Å². The molecule has 4 aromatic rings. The van der Waals surface area contributed by atoms with Crippen LogP contribution in [-0.4, -0.2) is 18.2 Å². The van der Waals surface area contributed by atoms with Gasteiger partial charge in [0.2, 0.25) is 0 Å². The maximum Gasteiger partial charge on any atom is 0.105 e. The predicted octanol–water partition coefficient (Wildman–Crippen LogP) is 8.33. The van der Waals surface area contributed by atoms with Crippen LogP contribution < -0.4 is 9.80 Å². The Balaban J connectivity index is 1.53. The Hall–Kier alpha value is -3.52. The maximum atomic E-state index is 2.88. The highest BCUT2D eigenvalue weighted by atomic mass is 15.5. The number of rotatable bonds is 4. The fourth-order valence-corrected chi connectivity index (χ4v) is 8.30. The fraction of sp³-hybridized carbons (Fsp3) is 0.333. The van der Waals surface area contributed by atoms with Crippen LogP contribution in [0.1, 0.15) is 61.3 Å². The first-order valence-corrected chi connectivity index (χ1v) is 14.6. The van der Waals surface area contributed by atoms with E-state index in [1.807, 2.05) is 0 Å². The standard InChI is InChI=1S/C36H38N2/c1-26-16-12-14-24-32(26)37-27(2)34-36(29-19-8-4-9-20-29,30-21-10-5-11-22-30)31-23-13-15-25-33(31)38(34)35(37)28-17-6-3-7-18-28/h4-5,8-16,19-25,27-28,34-35H,3,6-7,17-18H2,1-2H3/t27-,34?,35?/m0/s1. The number of hydrogen-bond donors (Lipinski definition) is 0. The molecule has 1 saturated carbocycles. The van der Waals surface area contributed by atoms with Crippen molar-refractivity contribution in [2.75, 3.05) is 9.80 Å². The Morgan fingerprint density at radius 3 is 1.79 bits per heavy atom. The van der Waals surface area contributed by atoms with Gasteiger partial charge < -0.3 is 9.80 Å². The van der Waals surface area contributed by atoms with Crippen molar-refractivity contribution in [2.45, 2.75) is 69.6 Å². The number of para-hydroxylation sites is 2. The lowest BCUT2D eigenvalue weighted by Crippen LogP contribution is -2.49. The SMILES string of the molecule is Cc1ccccc1N1C(C2CCCCC2)N2c3ccccc3C(c3ccccc3)(c3ccccc3)C2[C@@H]1C. The fourth-order valence-electron chi connectivity index (χ4n) is 8.30. The van der Waals surface area contributed by atoms with Crippen molar-refractivity contribution >= 4 is 11.4 Å². The van der Waals surface area contributed by atoms with Crippen LogP contribution in [0.2, 0.25) is 0 Å². The third-order valence-corrected chi connectivity index (χ3v) is 9.74. The minimum absolute atomic E-state index is 0.247. The Kier molecular flexibility index (Phi) is 5.80. The Bertz CT molecular complexity index is 1370. The van der Waals surface area contributed by atoms with Gasteiger partial charge >= 0.3 is 0 Å². The van der Waals surface area contributed by atoms with E-state index in [2.05, 4.69) is 133 Å². The molecule has 2 aliphatic heterocycles. The van der Waals surface area contributed by atoms with Crippen molar-refractivity contribution < 1.29 is 0 Å². The van der Waals surface area contributed by atoms with Crippen molar-refractivity contribution in [3.05, 3.63) is 131 Å². The zero-order valence-electron chi connectivity index (χ0n) is 22.6. The first kappa shape index (κ1) is 23.6. The summed E-state index contributed by atoms with van der Waals surface area (Å²) in [6, 6.07) is 41.7. The average Bonchev–Trinajstić information content (AvgIpc) is 3.45. The van der Waals surface area contributed by atoms with Crippen LogP contribution in [0.5, 0.6) is 0 Å². The third kappa shape index (κ3) is 3.32. The molecule has 38 heavy (non-hydrogen) atoms. The van der Waals surface area contributed by atoms with E-state index in [0.717, 1.165) is 0 Å². The highest BCUT2D eigenvalue weighted by Gasteiger charge is 2.63. The molecule has 192 valence electrons. The number of hydrogen-bond acceptors (Lipinski definition) is 2. The molecule has 2 fully saturated rings. The lowest BCUT2D eigenvalue weighted by atomic mass is 9.65. The van der Waals surface area contributed by atoms with Crippen molar-refractivity contribution in [1.82, 2.24) is 0 Å². The van der Waals surface area contributed by atoms with E-state index < -0.39 is 0 Å². The van der Waals surface area contributed by atoms with E-state index in [1.165, 1.54) is 65.7 Å². The summed E-state index contributed by atoms with van der Waals surface area (Å²) in [5, 5.41) is 0. The molecule has 2 heterocycles. The van der Waals surface area contributed by atoms with E-state index in [1.54, 1.807) is 0 Å². The summed E-state index contributed by atoms with van der Waals surface area (Å²) in [5.74, 6) is 0.659. The van der Waals surface area contributed by atoms with Crippen molar-refractivity contribution in [3.8, 4) is 0 Å². The Labute approximate surface area is 227 Å². The topological polar surface area (TPSA) is 6.48 Å². The van der Waals surface area contributed by atoms with Crippen molar-refractivity contribution in [3.63, 3.8) is 0 Å². The molecule has 2 unspecified atom stereocenters. The molecule has 1 aliphatic carbocycles. The molecular weight excluding hydrogens is 460 g/mol. The molecule has 2 nitrogen and oxygen atoms in total. The minimum atomic E-state index is -0.247. The molecule has 0 N–H and O–H groups in total. The van der Waals surface area contributed by atoms with Gasteiger partial charge in [-0.15, -0.1) is 0 Å². The van der Waals surface area contributed by atoms with E-state index >= 15 is 0 Å². The van der Waals surface area contributed by atoms with Gasteiger partial charge in [-0.2, -0.15) is 0 Å². The second kappa shape index (κ2) is 9.34. The van der Waals surface area contributed by atoms with Crippen LogP contribution in [0.25, 0.3) is 0 Å². The zero-order valence-corrected chi connectivity index (χ0v) is 22.6. The van der Waals surface area contributed by atoms with E-state index in [0.29, 0.717) is 18.1 Å². The van der Waals surface area contributed by atoms with Gasteiger partial charge in [-0.05, 0) is 67.0 Å². The van der Waals surface area contributed by atoms with Crippen LogP contribution >= 0.6 is 0 Å². The molecule has 0 aromatic heterocycles. The molecule has 0 radical (unpaired) electrons. The zero-order chi connectivity index (χ0) is 25.7. The highest BCUT2D eigenvalue weighted by Crippen LogP contribution is 2.60. The molecule has 7 rings (SSSR count). The normalized spacial score (nSPS) is 24.3. The van der Waals surface area contributed by atoms with Crippen LogP contribution in [0, 0.1) is 12.8 Å². The van der Waals surface area contributed by atoms with Gasteiger partial charge in [-0.1, -0.05) is 116 Å². The lowest BCUT2D eigenvalue weighted by molar-refractivity contribution is 0.302. The molecule has 0 bridgehead atoms.